The quantitative estimate of drug-likeness (QED) is 0.800. The van der Waals surface area contributed by atoms with Gasteiger partial charge in [-0.3, -0.25) is 9.48 Å². The maximum Gasteiger partial charge on any atom is 0.235 e. The standard InChI is InChI=1S/C15H14N2O4/c1-3-17-8-9(7-16-17)15-14(19)13(18)11-6-10(20-2)4-5-12(11)21-15/h4-8,19H,3H2,1-2H3. The van der Waals surface area contributed by atoms with E-state index in [1.54, 1.807) is 35.3 Å². The molecule has 1 N–H and O–H groups in total. The summed E-state index contributed by atoms with van der Waals surface area (Å²) in [6, 6.07) is 4.88. The van der Waals surface area contributed by atoms with Crippen LogP contribution in [0, 0.1) is 0 Å². The minimum absolute atomic E-state index is 0.123. The lowest BCUT2D eigenvalue weighted by Crippen LogP contribution is -2.02. The van der Waals surface area contributed by atoms with Crippen molar-refractivity contribution in [2.24, 2.45) is 0 Å². The van der Waals surface area contributed by atoms with Crippen molar-refractivity contribution in [1.82, 2.24) is 9.78 Å². The van der Waals surface area contributed by atoms with Gasteiger partial charge in [-0.15, -0.1) is 0 Å². The summed E-state index contributed by atoms with van der Waals surface area (Å²) in [5.41, 5.74) is 0.455. The molecule has 21 heavy (non-hydrogen) atoms. The van der Waals surface area contributed by atoms with Crippen LogP contribution in [-0.4, -0.2) is 22.0 Å². The van der Waals surface area contributed by atoms with E-state index in [0.717, 1.165) is 0 Å². The highest BCUT2D eigenvalue weighted by molar-refractivity contribution is 5.82. The van der Waals surface area contributed by atoms with Gasteiger partial charge in [0.05, 0.1) is 24.3 Å². The molecule has 0 aliphatic carbocycles. The highest BCUT2D eigenvalue weighted by Crippen LogP contribution is 2.30. The van der Waals surface area contributed by atoms with E-state index in [2.05, 4.69) is 5.10 Å². The molecular weight excluding hydrogens is 272 g/mol. The molecule has 1 aromatic carbocycles. The first-order valence-electron chi connectivity index (χ1n) is 6.50. The van der Waals surface area contributed by atoms with Crippen LogP contribution < -0.4 is 10.2 Å². The molecule has 0 saturated heterocycles. The molecule has 2 aromatic heterocycles. The van der Waals surface area contributed by atoms with Gasteiger partial charge in [0.15, 0.2) is 5.76 Å². The molecule has 0 spiro atoms. The molecule has 0 aliphatic heterocycles. The number of ether oxygens (including phenoxy) is 1. The van der Waals surface area contributed by atoms with Gasteiger partial charge in [-0.1, -0.05) is 0 Å². The largest absolute Gasteiger partial charge is 0.502 e. The van der Waals surface area contributed by atoms with Crippen LogP contribution in [-0.2, 0) is 6.54 Å². The number of aryl methyl sites for hydroxylation is 1. The lowest BCUT2D eigenvalue weighted by molar-refractivity contribution is 0.414. The molecule has 108 valence electrons. The van der Waals surface area contributed by atoms with Crippen LogP contribution in [0.4, 0.5) is 0 Å². The number of aromatic nitrogens is 2. The van der Waals surface area contributed by atoms with E-state index in [1.807, 2.05) is 6.92 Å². The van der Waals surface area contributed by atoms with Crippen LogP contribution in [0.15, 0.2) is 39.8 Å². The van der Waals surface area contributed by atoms with Crippen molar-refractivity contribution >= 4 is 11.0 Å². The number of fused-ring (bicyclic) bond motifs is 1. The fourth-order valence-electron chi connectivity index (χ4n) is 2.14. The summed E-state index contributed by atoms with van der Waals surface area (Å²) >= 11 is 0. The van der Waals surface area contributed by atoms with Crippen molar-refractivity contribution in [3.05, 3.63) is 40.8 Å². The Kier molecular flexibility index (Phi) is 3.13. The summed E-state index contributed by atoms with van der Waals surface area (Å²) in [5.74, 6) is 0.226. The zero-order valence-electron chi connectivity index (χ0n) is 11.7. The number of methoxy groups -OCH3 is 1. The summed E-state index contributed by atoms with van der Waals surface area (Å²) in [7, 11) is 1.51. The number of aromatic hydroxyl groups is 1. The Morgan fingerprint density at radius 2 is 2.24 bits per heavy atom. The number of nitrogens with zero attached hydrogens (tertiary/aromatic N) is 2. The Labute approximate surface area is 120 Å². The number of hydrogen-bond acceptors (Lipinski definition) is 5. The molecule has 3 aromatic rings. The topological polar surface area (TPSA) is 77.5 Å². The molecule has 0 aliphatic rings. The Bertz CT molecular complexity index is 864. The molecule has 3 rings (SSSR count). The van der Waals surface area contributed by atoms with Gasteiger partial charge in [-0.05, 0) is 25.1 Å². The lowest BCUT2D eigenvalue weighted by atomic mass is 10.1. The minimum atomic E-state index is -0.491. The Morgan fingerprint density at radius 1 is 1.43 bits per heavy atom. The van der Waals surface area contributed by atoms with E-state index in [0.29, 0.717) is 23.4 Å². The number of rotatable bonds is 3. The summed E-state index contributed by atoms with van der Waals surface area (Å²) in [6.45, 7) is 2.63. The third-order valence-corrected chi connectivity index (χ3v) is 3.29. The molecule has 6 heteroatoms. The number of hydrogen-bond donors (Lipinski definition) is 1. The van der Waals surface area contributed by atoms with Gasteiger partial charge in [0.2, 0.25) is 11.2 Å². The van der Waals surface area contributed by atoms with Crippen molar-refractivity contribution in [2.45, 2.75) is 13.5 Å². The molecule has 2 heterocycles. The third kappa shape index (κ3) is 2.14. The van der Waals surface area contributed by atoms with E-state index in [9.17, 15) is 9.90 Å². The molecule has 0 atom stereocenters. The van der Waals surface area contributed by atoms with Gasteiger partial charge in [0, 0.05) is 12.7 Å². The zero-order valence-corrected chi connectivity index (χ0v) is 11.7. The maximum atomic E-state index is 12.3. The summed E-state index contributed by atoms with van der Waals surface area (Å²) in [6.07, 6.45) is 3.27. The highest BCUT2D eigenvalue weighted by Gasteiger charge is 2.17. The van der Waals surface area contributed by atoms with Crippen LogP contribution >= 0.6 is 0 Å². The second-order valence-corrected chi connectivity index (χ2v) is 4.56. The molecule has 6 nitrogen and oxygen atoms in total. The van der Waals surface area contributed by atoms with E-state index in [1.165, 1.54) is 7.11 Å². The van der Waals surface area contributed by atoms with E-state index >= 15 is 0 Å². The van der Waals surface area contributed by atoms with Gasteiger partial charge >= 0.3 is 0 Å². The second-order valence-electron chi connectivity index (χ2n) is 4.56. The number of benzene rings is 1. The Morgan fingerprint density at radius 3 is 2.90 bits per heavy atom. The summed E-state index contributed by atoms with van der Waals surface area (Å²) in [4.78, 5) is 12.3. The molecule has 0 fully saturated rings. The third-order valence-electron chi connectivity index (χ3n) is 3.29. The average molecular weight is 286 g/mol. The molecule has 0 radical (unpaired) electrons. The summed E-state index contributed by atoms with van der Waals surface area (Å²) < 4.78 is 12.4. The average Bonchev–Trinajstić information content (AvgIpc) is 2.99. The van der Waals surface area contributed by atoms with E-state index in [4.69, 9.17) is 9.15 Å². The molecule has 0 bridgehead atoms. The second kappa shape index (κ2) is 4.97. The zero-order chi connectivity index (χ0) is 15.0. The first-order chi connectivity index (χ1) is 10.1. The van der Waals surface area contributed by atoms with Crippen molar-refractivity contribution in [2.75, 3.05) is 7.11 Å². The maximum absolute atomic E-state index is 12.3. The van der Waals surface area contributed by atoms with E-state index < -0.39 is 11.2 Å². The lowest BCUT2D eigenvalue weighted by Gasteiger charge is -2.05. The fourth-order valence-corrected chi connectivity index (χ4v) is 2.14. The van der Waals surface area contributed by atoms with Crippen LogP contribution in [0.5, 0.6) is 11.5 Å². The first-order valence-corrected chi connectivity index (χ1v) is 6.50. The van der Waals surface area contributed by atoms with Gasteiger partial charge in [-0.25, -0.2) is 0 Å². The van der Waals surface area contributed by atoms with Crippen LogP contribution in [0.2, 0.25) is 0 Å². The van der Waals surface area contributed by atoms with Gasteiger partial charge < -0.3 is 14.3 Å². The molecule has 0 saturated carbocycles. The monoisotopic (exact) mass is 286 g/mol. The van der Waals surface area contributed by atoms with Crippen molar-refractivity contribution < 1.29 is 14.3 Å². The molecule has 0 unspecified atom stereocenters. The van der Waals surface area contributed by atoms with Crippen molar-refractivity contribution in [1.29, 1.82) is 0 Å². The van der Waals surface area contributed by atoms with Crippen LogP contribution in [0.3, 0.4) is 0 Å². The van der Waals surface area contributed by atoms with E-state index in [-0.39, 0.29) is 11.1 Å². The molecule has 0 amide bonds. The molecular formula is C15H14N2O4. The Hall–Kier alpha value is -2.76. The smallest absolute Gasteiger partial charge is 0.235 e. The van der Waals surface area contributed by atoms with Crippen molar-refractivity contribution in [3.63, 3.8) is 0 Å². The van der Waals surface area contributed by atoms with Crippen LogP contribution in [0.1, 0.15) is 6.92 Å². The SMILES string of the molecule is CCn1cc(-c2oc3ccc(OC)cc3c(=O)c2O)cn1. The van der Waals surface area contributed by atoms with Crippen LogP contribution in [0.25, 0.3) is 22.3 Å². The Balaban J connectivity index is 2.25. The van der Waals surface area contributed by atoms with Gasteiger partial charge in [-0.2, -0.15) is 5.10 Å². The predicted octanol–water partition coefficient (Wildman–Crippen LogP) is 2.39. The van der Waals surface area contributed by atoms with Crippen molar-refractivity contribution in [3.8, 4) is 22.8 Å². The normalized spacial score (nSPS) is 11.0. The minimum Gasteiger partial charge on any atom is -0.502 e. The first kappa shape index (κ1) is 13.2. The van der Waals surface area contributed by atoms with Gasteiger partial charge in [0.1, 0.15) is 11.3 Å². The van der Waals surface area contributed by atoms with Gasteiger partial charge in [0.25, 0.3) is 0 Å². The fraction of sp³-hybridized carbons (Fsp3) is 0.200. The highest BCUT2D eigenvalue weighted by atomic mass is 16.5. The predicted molar refractivity (Wildman–Crippen MR) is 77.6 cm³/mol. The summed E-state index contributed by atoms with van der Waals surface area (Å²) in [5, 5.41) is 14.5.